The van der Waals surface area contributed by atoms with Crippen LogP contribution in [0.4, 0.5) is 13.2 Å². The molecular formula is C13H11F3N2O3. The Labute approximate surface area is 118 Å². The zero-order chi connectivity index (χ0) is 15.5. The molecule has 2 rings (SSSR count). The Balaban J connectivity index is 2.19. The van der Waals surface area contributed by atoms with E-state index in [0.29, 0.717) is 0 Å². The summed E-state index contributed by atoms with van der Waals surface area (Å²) >= 11 is 0. The molecule has 21 heavy (non-hydrogen) atoms. The molecule has 1 atom stereocenters. The smallest absolute Gasteiger partial charge is 0.406 e. The van der Waals surface area contributed by atoms with Crippen LogP contribution in [0.1, 0.15) is 10.4 Å². The minimum absolute atomic E-state index is 0.0268. The molecule has 8 heteroatoms. The Morgan fingerprint density at radius 3 is 2.90 bits per heavy atom. The maximum absolute atomic E-state index is 12.3. The monoisotopic (exact) mass is 300 g/mol. The molecule has 1 heterocycles. The van der Waals surface area contributed by atoms with E-state index in [1.54, 1.807) is 0 Å². The van der Waals surface area contributed by atoms with Gasteiger partial charge in [0.2, 0.25) is 0 Å². The number of hydrogen-bond acceptors (Lipinski definition) is 4. The number of hydrogen-bond donors (Lipinski definition) is 0. The Bertz CT molecular complexity index is 569. The van der Waals surface area contributed by atoms with Gasteiger partial charge in [-0.1, -0.05) is 6.07 Å². The molecule has 1 amide bonds. The zero-order valence-corrected chi connectivity index (χ0v) is 10.8. The minimum Gasteiger partial charge on any atom is -0.406 e. The topological polar surface area (TPSA) is 62.6 Å². The molecule has 1 aliphatic rings. The van der Waals surface area contributed by atoms with Crippen LogP contribution in [0.2, 0.25) is 0 Å². The molecule has 1 aromatic carbocycles. The van der Waals surface area contributed by atoms with Crippen LogP contribution in [-0.2, 0) is 4.74 Å². The van der Waals surface area contributed by atoms with Crippen LogP contribution < -0.4 is 4.74 Å². The summed E-state index contributed by atoms with van der Waals surface area (Å²) in [7, 11) is 0. The molecule has 0 N–H and O–H groups in total. The van der Waals surface area contributed by atoms with Gasteiger partial charge in [0.05, 0.1) is 19.3 Å². The predicted molar refractivity (Wildman–Crippen MR) is 64.4 cm³/mol. The third kappa shape index (κ3) is 3.86. The summed E-state index contributed by atoms with van der Waals surface area (Å²) in [5.74, 6) is -1.01. The van der Waals surface area contributed by atoms with Crippen molar-refractivity contribution in [1.82, 2.24) is 4.90 Å². The lowest BCUT2D eigenvalue weighted by Gasteiger charge is -2.31. The van der Waals surface area contributed by atoms with Gasteiger partial charge in [0.15, 0.2) is 0 Å². The molecule has 0 bridgehead atoms. The molecular weight excluding hydrogens is 289 g/mol. The zero-order valence-electron chi connectivity index (χ0n) is 10.8. The van der Waals surface area contributed by atoms with Gasteiger partial charge in [0, 0.05) is 12.1 Å². The number of carbonyl (C=O) groups is 1. The number of morpholine rings is 1. The van der Waals surface area contributed by atoms with Crippen molar-refractivity contribution >= 4 is 5.91 Å². The molecule has 0 radical (unpaired) electrons. The van der Waals surface area contributed by atoms with E-state index in [9.17, 15) is 18.0 Å². The molecule has 0 aromatic heterocycles. The van der Waals surface area contributed by atoms with Crippen molar-refractivity contribution in [1.29, 1.82) is 5.26 Å². The van der Waals surface area contributed by atoms with Gasteiger partial charge in [-0.25, -0.2) is 0 Å². The van der Waals surface area contributed by atoms with Crippen LogP contribution in [-0.4, -0.2) is 43.0 Å². The Morgan fingerprint density at radius 2 is 2.24 bits per heavy atom. The van der Waals surface area contributed by atoms with Gasteiger partial charge in [-0.05, 0) is 18.2 Å². The summed E-state index contributed by atoms with van der Waals surface area (Å²) < 4.78 is 45.4. The highest BCUT2D eigenvalue weighted by Gasteiger charge is 2.32. The normalized spacial score (nSPS) is 19.0. The molecule has 1 aromatic rings. The fraction of sp³-hybridized carbons (Fsp3) is 0.385. The first-order valence-corrected chi connectivity index (χ1v) is 6.05. The molecule has 112 valence electrons. The molecule has 1 saturated heterocycles. The predicted octanol–water partition coefficient (Wildman–Crippen LogP) is 1.95. The number of carbonyl (C=O) groups excluding carboxylic acids is 1. The maximum atomic E-state index is 12.3. The fourth-order valence-electron chi connectivity index (χ4n) is 1.95. The maximum Gasteiger partial charge on any atom is 0.573 e. The second-order valence-corrected chi connectivity index (χ2v) is 4.29. The molecule has 0 aliphatic carbocycles. The van der Waals surface area contributed by atoms with Crippen LogP contribution in [0.3, 0.4) is 0 Å². The summed E-state index contributed by atoms with van der Waals surface area (Å²) in [4.78, 5) is 13.5. The molecule has 0 spiro atoms. The lowest BCUT2D eigenvalue weighted by molar-refractivity contribution is -0.274. The van der Waals surface area contributed by atoms with E-state index in [1.807, 2.05) is 6.07 Å². The van der Waals surface area contributed by atoms with Crippen LogP contribution in [0.5, 0.6) is 5.75 Å². The number of nitrogens with zero attached hydrogens (tertiary/aromatic N) is 2. The second-order valence-electron chi connectivity index (χ2n) is 4.29. The SMILES string of the molecule is N#C[C@H]1COCCN1C(=O)c1cccc(OC(F)(F)F)c1. The first-order chi connectivity index (χ1) is 9.90. The van der Waals surface area contributed by atoms with E-state index in [-0.39, 0.29) is 25.3 Å². The third-order valence-corrected chi connectivity index (χ3v) is 2.85. The fourth-order valence-corrected chi connectivity index (χ4v) is 1.95. The number of alkyl halides is 3. The van der Waals surface area contributed by atoms with E-state index in [0.717, 1.165) is 12.1 Å². The van der Waals surface area contributed by atoms with Crippen molar-refractivity contribution in [2.24, 2.45) is 0 Å². The number of rotatable bonds is 2. The van der Waals surface area contributed by atoms with Crippen LogP contribution in [0, 0.1) is 11.3 Å². The van der Waals surface area contributed by atoms with E-state index >= 15 is 0 Å². The lowest BCUT2D eigenvalue weighted by Crippen LogP contribution is -2.47. The highest BCUT2D eigenvalue weighted by Crippen LogP contribution is 2.24. The van der Waals surface area contributed by atoms with Crippen LogP contribution in [0.15, 0.2) is 24.3 Å². The van der Waals surface area contributed by atoms with E-state index in [1.165, 1.54) is 17.0 Å². The average Bonchev–Trinajstić information content (AvgIpc) is 2.45. The molecule has 1 fully saturated rings. The molecule has 0 saturated carbocycles. The quantitative estimate of drug-likeness (QED) is 0.837. The van der Waals surface area contributed by atoms with Gasteiger partial charge < -0.3 is 14.4 Å². The minimum atomic E-state index is -4.82. The highest BCUT2D eigenvalue weighted by atomic mass is 19.4. The largest absolute Gasteiger partial charge is 0.573 e. The Morgan fingerprint density at radius 1 is 1.48 bits per heavy atom. The third-order valence-electron chi connectivity index (χ3n) is 2.85. The van der Waals surface area contributed by atoms with Gasteiger partial charge >= 0.3 is 6.36 Å². The summed E-state index contributed by atoms with van der Waals surface area (Å²) in [5, 5.41) is 8.97. The molecule has 5 nitrogen and oxygen atoms in total. The standard InChI is InChI=1S/C13H11F3N2O3/c14-13(15,16)21-11-3-1-2-9(6-11)12(19)18-4-5-20-8-10(18)7-17/h1-3,6,10H,4-5,8H2/t10-/m0/s1. The lowest BCUT2D eigenvalue weighted by atomic mass is 10.1. The van der Waals surface area contributed by atoms with Crippen molar-refractivity contribution < 1.29 is 27.4 Å². The van der Waals surface area contributed by atoms with Gasteiger partial charge in [0.1, 0.15) is 11.8 Å². The van der Waals surface area contributed by atoms with Crippen molar-refractivity contribution in [3.8, 4) is 11.8 Å². The van der Waals surface area contributed by atoms with Crippen molar-refractivity contribution in [2.75, 3.05) is 19.8 Å². The summed E-state index contributed by atoms with van der Waals surface area (Å²) in [6, 6.07) is 5.94. The number of ether oxygens (including phenoxy) is 2. The van der Waals surface area contributed by atoms with Crippen molar-refractivity contribution in [3.05, 3.63) is 29.8 Å². The first kappa shape index (κ1) is 15.1. The van der Waals surface area contributed by atoms with E-state index in [2.05, 4.69) is 4.74 Å². The highest BCUT2D eigenvalue weighted by molar-refractivity contribution is 5.95. The second kappa shape index (κ2) is 6.01. The van der Waals surface area contributed by atoms with E-state index < -0.39 is 24.1 Å². The summed E-state index contributed by atoms with van der Waals surface area (Å²) in [5.41, 5.74) is 0.0268. The first-order valence-electron chi connectivity index (χ1n) is 6.05. The van der Waals surface area contributed by atoms with E-state index in [4.69, 9.17) is 10.00 Å². The van der Waals surface area contributed by atoms with Crippen molar-refractivity contribution in [3.63, 3.8) is 0 Å². The van der Waals surface area contributed by atoms with Crippen molar-refractivity contribution in [2.45, 2.75) is 12.4 Å². The number of nitriles is 1. The molecule has 1 aliphatic heterocycles. The summed E-state index contributed by atoms with van der Waals surface area (Å²) in [6.07, 6.45) is -4.82. The Kier molecular flexibility index (Phi) is 4.33. The average molecular weight is 300 g/mol. The number of amides is 1. The number of halogens is 3. The molecule has 0 unspecified atom stereocenters. The van der Waals surface area contributed by atoms with Gasteiger partial charge in [-0.3, -0.25) is 4.79 Å². The van der Waals surface area contributed by atoms with Gasteiger partial charge in [0.25, 0.3) is 5.91 Å². The van der Waals surface area contributed by atoms with Crippen LogP contribution >= 0.6 is 0 Å². The van der Waals surface area contributed by atoms with Crippen LogP contribution in [0.25, 0.3) is 0 Å². The number of benzene rings is 1. The Hall–Kier alpha value is -2.27. The van der Waals surface area contributed by atoms with Gasteiger partial charge in [-0.2, -0.15) is 5.26 Å². The summed E-state index contributed by atoms with van der Waals surface area (Å²) in [6.45, 7) is 0.574. The van der Waals surface area contributed by atoms with Gasteiger partial charge in [-0.15, -0.1) is 13.2 Å².